The maximum absolute atomic E-state index is 14.0. The number of rotatable bonds is 2. The Morgan fingerprint density at radius 3 is 2.52 bits per heavy atom. The maximum Gasteiger partial charge on any atom is 0.322 e. The van der Waals surface area contributed by atoms with Crippen molar-refractivity contribution in [1.82, 2.24) is 9.47 Å². The van der Waals surface area contributed by atoms with E-state index in [1.165, 1.54) is 35.7 Å². The molecule has 2 heterocycles. The van der Waals surface area contributed by atoms with Crippen LogP contribution in [0.1, 0.15) is 17.3 Å². The molecule has 1 atom stereocenters. The average Bonchev–Trinajstić information content (AvgIpc) is 2.75. The van der Waals surface area contributed by atoms with Crippen LogP contribution in [-0.4, -0.2) is 29.2 Å². The summed E-state index contributed by atoms with van der Waals surface area (Å²) >= 11 is 5.76. The minimum atomic E-state index is -1.13. The molecule has 0 unspecified atom stereocenters. The molecule has 0 radical (unpaired) electrons. The van der Waals surface area contributed by atoms with Gasteiger partial charge in [0.15, 0.2) is 11.6 Å². The van der Waals surface area contributed by atoms with Gasteiger partial charge in [0, 0.05) is 25.3 Å². The van der Waals surface area contributed by atoms with Crippen LogP contribution < -0.4 is 10.9 Å². The summed E-state index contributed by atoms with van der Waals surface area (Å²) in [4.78, 5) is 26.8. The molecule has 10 heteroatoms. The van der Waals surface area contributed by atoms with Crippen LogP contribution in [0.3, 0.4) is 0 Å². The number of urea groups is 1. The van der Waals surface area contributed by atoms with Gasteiger partial charge in [-0.3, -0.25) is 4.79 Å². The normalized spacial score (nSPS) is 15.6. The summed E-state index contributed by atoms with van der Waals surface area (Å²) < 4.78 is 48.1. The number of fused-ring (bicyclic) bond motifs is 3. The second kappa shape index (κ2) is 7.90. The van der Waals surface area contributed by atoms with Gasteiger partial charge in [0.1, 0.15) is 5.82 Å². The van der Waals surface area contributed by atoms with E-state index < -0.39 is 35.1 Å². The standard InChI is InChI=1S/C21H17ClF3N3O3/c1-27-17-8-31-9-18(19(17)11-6-15(24)16(25)7-12(11)20(27)29)28(2)21(30)26-10-3-4-14(23)13(22)5-10/h3-7,18H,8-9H2,1-2H3,(H,26,30)/t18-/m0/s1. The summed E-state index contributed by atoms with van der Waals surface area (Å²) in [5, 5.41) is 2.69. The molecule has 6 nitrogen and oxygen atoms in total. The Hall–Kier alpha value is -3.04. The number of nitrogens with zero attached hydrogens (tertiary/aromatic N) is 2. The van der Waals surface area contributed by atoms with Gasteiger partial charge < -0.3 is 19.5 Å². The van der Waals surface area contributed by atoms with Gasteiger partial charge in [-0.25, -0.2) is 18.0 Å². The molecule has 4 rings (SSSR count). The first-order valence-corrected chi connectivity index (χ1v) is 9.64. The Kier molecular flexibility index (Phi) is 5.40. The van der Waals surface area contributed by atoms with Crippen molar-refractivity contribution in [2.24, 2.45) is 7.05 Å². The number of hydrogen-bond donors (Lipinski definition) is 1. The first-order valence-electron chi connectivity index (χ1n) is 9.26. The molecule has 2 aromatic carbocycles. The van der Waals surface area contributed by atoms with Gasteiger partial charge in [0.25, 0.3) is 5.56 Å². The van der Waals surface area contributed by atoms with Gasteiger partial charge >= 0.3 is 6.03 Å². The van der Waals surface area contributed by atoms with Crippen LogP contribution in [0, 0.1) is 17.5 Å². The van der Waals surface area contributed by atoms with Gasteiger partial charge in [-0.05, 0) is 35.7 Å². The number of anilines is 1. The Bertz CT molecular complexity index is 1280. The summed E-state index contributed by atoms with van der Waals surface area (Å²) in [6, 6.07) is 4.32. The van der Waals surface area contributed by atoms with Crippen molar-refractivity contribution in [2.45, 2.75) is 12.6 Å². The van der Waals surface area contributed by atoms with Gasteiger partial charge in [0.05, 0.1) is 35.4 Å². The lowest BCUT2D eigenvalue weighted by Gasteiger charge is -2.34. The number of benzene rings is 2. The highest BCUT2D eigenvalue weighted by atomic mass is 35.5. The molecule has 1 N–H and O–H groups in total. The summed E-state index contributed by atoms with van der Waals surface area (Å²) in [7, 11) is 3.01. The molecular formula is C21H17ClF3N3O3. The van der Waals surface area contributed by atoms with Crippen LogP contribution in [-0.2, 0) is 18.4 Å². The van der Waals surface area contributed by atoms with Crippen LogP contribution in [0.2, 0.25) is 5.02 Å². The van der Waals surface area contributed by atoms with E-state index in [1.807, 2.05) is 0 Å². The number of halogens is 4. The van der Waals surface area contributed by atoms with E-state index in [0.717, 1.165) is 18.2 Å². The van der Waals surface area contributed by atoms with Crippen molar-refractivity contribution in [3.8, 4) is 0 Å². The molecule has 3 aromatic rings. The molecule has 31 heavy (non-hydrogen) atoms. The first-order chi connectivity index (χ1) is 14.7. The molecule has 0 saturated carbocycles. The van der Waals surface area contributed by atoms with E-state index in [2.05, 4.69) is 5.32 Å². The Morgan fingerprint density at radius 2 is 1.84 bits per heavy atom. The summed E-state index contributed by atoms with van der Waals surface area (Å²) in [5.41, 5.74) is 0.741. The van der Waals surface area contributed by atoms with Crippen LogP contribution in [0.5, 0.6) is 0 Å². The number of likely N-dealkylation sites (N-methyl/N-ethyl adjacent to an activating group) is 1. The fourth-order valence-corrected chi connectivity index (χ4v) is 3.90. The smallest absolute Gasteiger partial charge is 0.322 e. The highest BCUT2D eigenvalue weighted by Gasteiger charge is 2.32. The summed E-state index contributed by atoms with van der Waals surface area (Å²) in [6.45, 7) is 0.156. The zero-order valence-corrected chi connectivity index (χ0v) is 17.3. The maximum atomic E-state index is 14.0. The van der Waals surface area contributed by atoms with Crippen LogP contribution in [0.15, 0.2) is 35.1 Å². The minimum Gasteiger partial charge on any atom is -0.373 e. The number of pyridine rings is 1. The highest BCUT2D eigenvalue weighted by Crippen LogP contribution is 2.34. The largest absolute Gasteiger partial charge is 0.373 e. The third kappa shape index (κ3) is 3.64. The van der Waals surface area contributed by atoms with Crippen molar-refractivity contribution in [3.63, 3.8) is 0 Å². The quantitative estimate of drug-likeness (QED) is 0.630. The van der Waals surface area contributed by atoms with E-state index >= 15 is 0 Å². The summed E-state index contributed by atoms with van der Waals surface area (Å²) in [6.07, 6.45) is 0. The number of ether oxygens (including phenoxy) is 1. The fourth-order valence-electron chi connectivity index (χ4n) is 3.72. The van der Waals surface area contributed by atoms with E-state index in [4.69, 9.17) is 16.3 Å². The van der Waals surface area contributed by atoms with Gasteiger partial charge in [0.2, 0.25) is 0 Å². The number of carbonyl (C=O) groups excluding carboxylic acids is 1. The molecule has 0 aliphatic carbocycles. The molecule has 1 aromatic heterocycles. The Balaban J connectivity index is 1.78. The number of hydrogen-bond acceptors (Lipinski definition) is 3. The fraction of sp³-hybridized carbons (Fsp3) is 0.238. The van der Waals surface area contributed by atoms with Crippen LogP contribution in [0.4, 0.5) is 23.7 Å². The predicted octanol–water partition coefficient (Wildman–Crippen LogP) is 4.34. The Morgan fingerprint density at radius 1 is 1.16 bits per heavy atom. The molecule has 1 aliphatic rings. The van der Waals surface area contributed by atoms with Crippen molar-refractivity contribution in [1.29, 1.82) is 0 Å². The Labute approximate surface area is 179 Å². The van der Waals surface area contributed by atoms with Gasteiger partial charge in [-0.1, -0.05) is 11.6 Å². The minimum absolute atomic E-state index is 0.00572. The predicted molar refractivity (Wildman–Crippen MR) is 110 cm³/mol. The number of aromatic nitrogens is 1. The molecular weight excluding hydrogens is 435 g/mol. The molecule has 0 fully saturated rings. The molecule has 162 valence electrons. The topological polar surface area (TPSA) is 63.6 Å². The molecule has 0 bridgehead atoms. The second-order valence-electron chi connectivity index (χ2n) is 7.24. The lowest BCUT2D eigenvalue weighted by Crippen LogP contribution is -2.40. The highest BCUT2D eigenvalue weighted by molar-refractivity contribution is 6.31. The lowest BCUT2D eigenvalue weighted by atomic mass is 9.95. The number of carbonyl (C=O) groups is 1. The van der Waals surface area contributed by atoms with E-state index in [1.54, 1.807) is 0 Å². The first kappa shape index (κ1) is 21.2. The van der Waals surface area contributed by atoms with Gasteiger partial charge in [-0.2, -0.15) is 0 Å². The monoisotopic (exact) mass is 451 g/mol. The van der Waals surface area contributed by atoms with Crippen LogP contribution >= 0.6 is 11.6 Å². The summed E-state index contributed by atoms with van der Waals surface area (Å²) in [5.74, 6) is -2.85. The van der Waals surface area contributed by atoms with E-state index in [0.29, 0.717) is 11.3 Å². The van der Waals surface area contributed by atoms with E-state index in [9.17, 15) is 22.8 Å². The zero-order valence-electron chi connectivity index (χ0n) is 16.5. The molecule has 0 spiro atoms. The third-order valence-corrected chi connectivity index (χ3v) is 5.70. The molecule has 2 amide bonds. The number of amides is 2. The van der Waals surface area contributed by atoms with Crippen molar-refractivity contribution >= 4 is 34.1 Å². The van der Waals surface area contributed by atoms with Gasteiger partial charge in [-0.15, -0.1) is 0 Å². The van der Waals surface area contributed by atoms with Crippen molar-refractivity contribution < 1.29 is 22.7 Å². The molecule has 1 aliphatic heterocycles. The lowest BCUT2D eigenvalue weighted by molar-refractivity contribution is 0.0505. The average molecular weight is 452 g/mol. The van der Waals surface area contributed by atoms with Crippen molar-refractivity contribution in [3.05, 3.63) is 74.4 Å². The van der Waals surface area contributed by atoms with Crippen molar-refractivity contribution in [2.75, 3.05) is 19.0 Å². The molecule has 0 saturated heterocycles. The SMILES string of the molecule is CN(C(=O)Nc1ccc(F)c(Cl)c1)[C@H]1COCc2c1c1cc(F)c(F)cc1c(=O)n2C. The second-order valence-corrected chi connectivity index (χ2v) is 7.64. The van der Waals surface area contributed by atoms with Crippen LogP contribution in [0.25, 0.3) is 10.8 Å². The number of nitrogens with one attached hydrogen (secondary N) is 1. The van der Waals surface area contributed by atoms with E-state index in [-0.39, 0.29) is 34.7 Å². The zero-order chi connectivity index (χ0) is 22.4. The third-order valence-electron chi connectivity index (χ3n) is 5.41.